The first-order valence-corrected chi connectivity index (χ1v) is 18.5. The van der Waals surface area contributed by atoms with Gasteiger partial charge in [-0.25, -0.2) is 4.57 Å². The zero-order valence-electron chi connectivity index (χ0n) is 27.7. The molecule has 44 heavy (non-hydrogen) atoms. The van der Waals surface area contributed by atoms with Crippen LogP contribution in [-0.4, -0.2) is 46.8 Å². The monoisotopic (exact) mass is 644 g/mol. The molecular formula is C34H61O9P. The molecule has 2 N–H and O–H groups in total. The van der Waals surface area contributed by atoms with E-state index in [1.807, 2.05) is 12.2 Å². The number of hydrogen-bond donors (Lipinski definition) is 2. The van der Waals surface area contributed by atoms with E-state index >= 15 is 0 Å². The minimum atomic E-state index is -4.76. The average molecular weight is 645 g/mol. The van der Waals surface area contributed by atoms with E-state index in [9.17, 15) is 18.9 Å². The summed E-state index contributed by atoms with van der Waals surface area (Å²) in [4.78, 5) is 54.1. The van der Waals surface area contributed by atoms with E-state index in [0.29, 0.717) is 19.3 Å². The fourth-order valence-electron chi connectivity index (χ4n) is 4.50. The highest BCUT2D eigenvalue weighted by Gasteiger charge is 2.22. The molecule has 0 aliphatic carbocycles. The normalized spacial score (nSPS) is 13.4. The largest absolute Gasteiger partial charge is 0.469 e. The van der Waals surface area contributed by atoms with Crippen LogP contribution in [0.4, 0.5) is 0 Å². The van der Waals surface area contributed by atoms with E-state index in [2.05, 4.69) is 31.4 Å². The van der Waals surface area contributed by atoms with Crippen LogP contribution in [0, 0.1) is 5.92 Å². The van der Waals surface area contributed by atoms with Gasteiger partial charge in [-0.1, -0.05) is 116 Å². The first kappa shape index (κ1) is 42.2. The topological polar surface area (TPSA) is 136 Å². The molecule has 9 nitrogen and oxygen atoms in total. The van der Waals surface area contributed by atoms with E-state index in [-0.39, 0.29) is 25.2 Å². The van der Waals surface area contributed by atoms with Crippen molar-refractivity contribution in [2.75, 3.05) is 13.2 Å². The Morgan fingerprint density at radius 1 is 0.727 bits per heavy atom. The van der Waals surface area contributed by atoms with Crippen molar-refractivity contribution in [1.29, 1.82) is 0 Å². The van der Waals surface area contributed by atoms with Crippen molar-refractivity contribution in [1.82, 2.24) is 0 Å². The molecule has 0 saturated heterocycles. The summed E-state index contributed by atoms with van der Waals surface area (Å²) in [6.45, 7) is 5.74. The number of rotatable bonds is 30. The number of ketones is 1. The van der Waals surface area contributed by atoms with E-state index in [0.717, 1.165) is 76.5 Å². The van der Waals surface area contributed by atoms with Gasteiger partial charge in [0.15, 0.2) is 11.9 Å². The lowest BCUT2D eigenvalue weighted by molar-refractivity contribution is -0.161. The van der Waals surface area contributed by atoms with Crippen molar-refractivity contribution in [3.63, 3.8) is 0 Å². The van der Waals surface area contributed by atoms with Crippen LogP contribution in [-0.2, 0) is 32.9 Å². The molecular weight excluding hydrogens is 583 g/mol. The highest BCUT2D eigenvalue weighted by Crippen LogP contribution is 2.36. The molecule has 256 valence electrons. The van der Waals surface area contributed by atoms with Crippen LogP contribution < -0.4 is 0 Å². The summed E-state index contributed by atoms with van der Waals surface area (Å²) >= 11 is 0. The van der Waals surface area contributed by atoms with Crippen LogP contribution in [0.3, 0.4) is 0 Å². The summed E-state index contributed by atoms with van der Waals surface area (Å²) in [6, 6.07) is 0. The summed E-state index contributed by atoms with van der Waals surface area (Å²) in [5.74, 6) is -0.00558. The lowest BCUT2D eigenvalue weighted by Gasteiger charge is -2.18. The van der Waals surface area contributed by atoms with Gasteiger partial charge in [-0.05, 0) is 44.1 Å². The average Bonchev–Trinajstić information content (AvgIpc) is 2.98. The van der Waals surface area contributed by atoms with Gasteiger partial charge in [-0.2, -0.15) is 0 Å². The third-order valence-electron chi connectivity index (χ3n) is 7.49. The minimum Gasteiger partial charge on any atom is -0.462 e. The molecule has 0 bridgehead atoms. The third-order valence-corrected chi connectivity index (χ3v) is 7.97. The van der Waals surface area contributed by atoms with Crippen LogP contribution in [0.1, 0.15) is 149 Å². The van der Waals surface area contributed by atoms with Crippen molar-refractivity contribution in [2.24, 2.45) is 5.92 Å². The molecule has 0 aliphatic rings. The Bertz CT molecular complexity index is 850. The highest BCUT2D eigenvalue weighted by atomic mass is 31.2. The van der Waals surface area contributed by atoms with Crippen molar-refractivity contribution in [3.05, 3.63) is 24.3 Å². The SMILES string of the molecule is CCCCCC(=O)/C=C/C=C\CCCCCCCC(=O)OC[C@H](COP(=O)(O)O)OC(=O)CCCCCCCCC(C)CC. The fraction of sp³-hybridized carbons (Fsp3) is 0.794. The molecule has 2 atom stereocenters. The van der Waals surface area contributed by atoms with E-state index in [1.165, 1.54) is 25.7 Å². The Morgan fingerprint density at radius 3 is 1.95 bits per heavy atom. The lowest BCUT2D eigenvalue weighted by atomic mass is 10.00. The molecule has 0 rings (SSSR count). The second-order valence-corrected chi connectivity index (χ2v) is 13.0. The quantitative estimate of drug-likeness (QED) is 0.0259. The Morgan fingerprint density at radius 2 is 1.32 bits per heavy atom. The van der Waals surface area contributed by atoms with Crippen LogP contribution >= 0.6 is 7.82 Å². The number of unbranched alkanes of at least 4 members (excludes halogenated alkanes) is 12. The molecule has 1 unspecified atom stereocenters. The molecule has 0 aromatic heterocycles. The van der Waals surface area contributed by atoms with Crippen molar-refractivity contribution < 1.29 is 42.7 Å². The summed E-state index contributed by atoms with van der Waals surface area (Å²) in [5, 5.41) is 0. The Hall–Kier alpha value is -1.80. The van der Waals surface area contributed by atoms with Gasteiger partial charge in [-0.15, -0.1) is 0 Å². The zero-order valence-corrected chi connectivity index (χ0v) is 28.6. The minimum absolute atomic E-state index is 0.173. The predicted molar refractivity (Wildman–Crippen MR) is 175 cm³/mol. The number of ether oxygens (including phenoxy) is 2. The summed E-state index contributed by atoms with van der Waals surface area (Å²) in [5.41, 5.74) is 0. The second-order valence-electron chi connectivity index (χ2n) is 11.8. The van der Waals surface area contributed by atoms with E-state index in [4.69, 9.17) is 19.3 Å². The number of esters is 2. The number of carbonyl (C=O) groups excluding carboxylic acids is 3. The maximum atomic E-state index is 12.3. The van der Waals surface area contributed by atoms with Crippen molar-refractivity contribution in [3.8, 4) is 0 Å². The highest BCUT2D eigenvalue weighted by molar-refractivity contribution is 7.46. The van der Waals surface area contributed by atoms with E-state index < -0.39 is 32.5 Å². The van der Waals surface area contributed by atoms with Gasteiger partial charge < -0.3 is 19.3 Å². The molecule has 0 fully saturated rings. The van der Waals surface area contributed by atoms with Crippen molar-refractivity contribution in [2.45, 2.75) is 155 Å². The summed E-state index contributed by atoms with van der Waals surface area (Å²) in [6.07, 6.45) is 24.7. The van der Waals surface area contributed by atoms with Crippen LogP contribution in [0.2, 0.25) is 0 Å². The van der Waals surface area contributed by atoms with Gasteiger partial charge >= 0.3 is 19.8 Å². The molecule has 0 radical (unpaired) electrons. The van der Waals surface area contributed by atoms with Gasteiger partial charge in [-0.3, -0.25) is 18.9 Å². The van der Waals surface area contributed by atoms with Gasteiger partial charge in [0.2, 0.25) is 0 Å². The number of carbonyl (C=O) groups is 3. The first-order chi connectivity index (χ1) is 21.1. The smallest absolute Gasteiger partial charge is 0.462 e. The van der Waals surface area contributed by atoms with E-state index in [1.54, 1.807) is 6.08 Å². The van der Waals surface area contributed by atoms with Crippen LogP contribution in [0.15, 0.2) is 24.3 Å². The van der Waals surface area contributed by atoms with Gasteiger partial charge in [0, 0.05) is 19.3 Å². The van der Waals surface area contributed by atoms with Gasteiger partial charge in [0.05, 0.1) is 6.61 Å². The van der Waals surface area contributed by atoms with Crippen LogP contribution in [0.5, 0.6) is 0 Å². The zero-order chi connectivity index (χ0) is 32.9. The molecule has 0 aliphatic heterocycles. The number of phosphoric ester groups is 1. The number of allylic oxidation sites excluding steroid dienone is 4. The fourth-order valence-corrected chi connectivity index (χ4v) is 4.87. The second kappa shape index (κ2) is 28.7. The maximum absolute atomic E-state index is 12.3. The summed E-state index contributed by atoms with van der Waals surface area (Å²) < 4.78 is 26.1. The Kier molecular flexibility index (Phi) is 27.5. The predicted octanol–water partition coefficient (Wildman–Crippen LogP) is 8.71. The molecule has 0 amide bonds. The Balaban J connectivity index is 4.09. The Labute approximate surface area is 266 Å². The van der Waals surface area contributed by atoms with Crippen LogP contribution in [0.25, 0.3) is 0 Å². The standard InChI is InChI=1S/C34H61O9P/c1-4-6-18-24-31(35)25-20-15-10-8-7-9-11-16-21-26-33(36)41-28-32(29-42-44(38,39)40)43-34(37)27-22-17-13-12-14-19-23-30(3)5-2/h10,15,20,25,30,32H,4-9,11-14,16-19,21-24,26-29H2,1-3H3,(H2,38,39,40)/b15-10-,25-20+/t30?,32-/m1/s1. The van der Waals surface area contributed by atoms with Gasteiger partial charge in [0.1, 0.15) is 6.61 Å². The van der Waals surface area contributed by atoms with Gasteiger partial charge in [0.25, 0.3) is 0 Å². The molecule has 10 heteroatoms. The number of phosphoric acid groups is 1. The summed E-state index contributed by atoms with van der Waals surface area (Å²) in [7, 11) is -4.76. The number of hydrogen-bond acceptors (Lipinski definition) is 7. The maximum Gasteiger partial charge on any atom is 0.469 e. The first-order valence-electron chi connectivity index (χ1n) is 17.0. The molecule has 0 aromatic rings. The molecule has 0 spiro atoms. The molecule has 0 heterocycles. The molecule has 0 aromatic carbocycles. The third kappa shape index (κ3) is 30.2. The van der Waals surface area contributed by atoms with Crippen molar-refractivity contribution >= 4 is 25.5 Å². The molecule has 0 saturated carbocycles. The lowest BCUT2D eigenvalue weighted by Crippen LogP contribution is -2.29.